The number of nitrogens with zero attached hydrogens (tertiary/aromatic N) is 1. The third-order valence-corrected chi connectivity index (χ3v) is 1.50. The molecule has 6 nitrogen and oxygen atoms in total. The first kappa shape index (κ1) is 9.97. The Balaban J connectivity index is 2.64. The number of hydrogen-bond acceptors (Lipinski definition) is 5. The standard InChI is InChI=1S/C8H7NO5/c10-8(11)14-5-6-1-3-7(4-2-6)9(12)13/h1-4H,5H2,(H,10,11)/p-1. The molecule has 0 heterocycles. The molecule has 0 N–H and O–H groups in total. The fourth-order valence-corrected chi connectivity index (χ4v) is 0.856. The Morgan fingerprint density at radius 1 is 1.36 bits per heavy atom. The van der Waals surface area contributed by atoms with Gasteiger partial charge in [-0.05, 0) is 5.56 Å². The number of hydrogen-bond donors (Lipinski definition) is 0. The fraction of sp³-hybridized carbons (Fsp3) is 0.125. The summed E-state index contributed by atoms with van der Waals surface area (Å²) in [4.78, 5) is 19.6. The van der Waals surface area contributed by atoms with Gasteiger partial charge in [0.05, 0.1) is 11.5 Å². The van der Waals surface area contributed by atoms with E-state index in [4.69, 9.17) is 0 Å². The van der Waals surface area contributed by atoms with Crippen molar-refractivity contribution < 1.29 is 19.6 Å². The number of carboxylic acid groups (broad SMARTS) is 1. The molecule has 1 aromatic rings. The van der Waals surface area contributed by atoms with Crippen LogP contribution in [0.5, 0.6) is 0 Å². The number of carbonyl (C=O) groups is 1. The SMILES string of the molecule is O=C([O-])OCc1ccc([N+](=O)[O-])cc1. The van der Waals surface area contributed by atoms with E-state index < -0.39 is 11.1 Å². The molecule has 0 amide bonds. The Hall–Kier alpha value is -2.11. The molecule has 0 bridgehead atoms. The number of benzene rings is 1. The molecule has 0 aromatic heterocycles. The zero-order valence-electron chi connectivity index (χ0n) is 7.00. The van der Waals surface area contributed by atoms with Crippen LogP contribution < -0.4 is 5.11 Å². The lowest BCUT2D eigenvalue weighted by molar-refractivity contribution is -0.384. The van der Waals surface area contributed by atoms with Crippen molar-refractivity contribution in [1.29, 1.82) is 0 Å². The maximum absolute atomic E-state index is 10.2. The van der Waals surface area contributed by atoms with Gasteiger partial charge in [-0.25, -0.2) is 0 Å². The molecule has 1 rings (SSSR count). The smallest absolute Gasteiger partial charge is 0.269 e. The van der Waals surface area contributed by atoms with E-state index in [2.05, 4.69) is 4.74 Å². The number of non-ortho nitro benzene ring substituents is 1. The minimum atomic E-state index is -1.62. The van der Waals surface area contributed by atoms with Crippen molar-refractivity contribution in [2.75, 3.05) is 0 Å². The van der Waals surface area contributed by atoms with Crippen LogP contribution >= 0.6 is 0 Å². The van der Waals surface area contributed by atoms with E-state index >= 15 is 0 Å². The second-order valence-corrected chi connectivity index (χ2v) is 2.46. The highest BCUT2D eigenvalue weighted by Crippen LogP contribution is 2.12. The van der Waals surface area contributed by atoms with Crippen LogP contribution in [0.1, 0.15) is 5.56 Å². The van der Waals surface area contributed by atoms with Gasteiger partial charge in [0.1, 0.15) is 0 Å². The summed E-state index contributed by atoms with van der Waals surface area (Å²) in [6.07, 6.45) is -1.62. The predicted octanol–water partition coefficient (Wildman–Crippen LogP) is 0.455. The van der Waals surface area contributed by atoms with E-state index in [1.807, 2.05) is 0 Å². The number of rotatable bonds is 3. The Bertz CT molecular complexity index is 345. The van der Waals surface area contributed by atoms with E-state index in [0.717, 1.165) is 0 Å². The molecule has 0 unspecified atom stereocenters. The van der Waals surface area contributed by atoms with Crippen LogP contribution in [0.25, 0.3) is 0 Å². The highest BCUT2D eigenvalue weighted by molar-refractivity contribution is 5.54. The summed E-state index contributed by atoms with van der Waals surface area (Å²) >= 11 is 0. The first-order valence-corrected chi connectivity index (χ1v) is 3.66. The molecule has 0 aliphatic rings. The zero-order chi connectivity index (χ0) is 10.6. The van der Waals surface area contributed by atoms with Crippen LogP contribution in [-0.4, -0.2) is 11.1 Å². The molecule has 1 aromatic carbocycles. The maximum atomic E-state index is 10.2. The summed E-state index contributed by atoms with van der Waals surface area (Å²) < 4.78 is 4.16. The van der Waals surface area contributed by atoms with Crippen LogP contribution in [0.15, 0.2) is 24.3 Å². The van der Waals surface area contributed by atoms with Gasteiger partial charge in [0, 0.05) is 12.1 Å². The Morgan fingerprint density at radius 3 is 2.36 bits per heavy atom. The van der Waals surface area contributed by atoms with Gasteiger partial charge < -0.3 is 14.6 Å². The van der Waals surface area contributed by atoms with Crippen LogP contribution in [0.4, 0.5) is 10.5 Å². The second-order valence-electron chi connectivity index (χ2n) is 2.46. The van der Waals surface area contributed by atoms with E-state index in [1.165, 1.54) is 24.3 Å². The molecule has 0 aliphatic heterocycles. The zero-order valence-corrected chi connectivity index (χ0v) is 7.00. The molecule has 0 spiro atoms. The van der Waals surface area contributed by atoms with Crippen LogP contribution in [0.3, 0.4) is 0 Å². The third-order valence-electron chi connectivity index (χ3n) is 1.50. The Morgan fingerprint density at radius 2 is 1.93 bits per heavy atom. The van der Waals surface area contributed by atoms with Gasteiger partial charge in [-0.1, -0.05) is 12.1 Å². The lowest BCUT2D eigenvalue weighted by Crippen LogP contribution is -2.23. The van der Waals surface area contributed by atoms with Gasteiger partial charge in [0.25, 0.3) is 11.8 Å². The van der Waals surface area contributed by atoms with Crippen molar-refractivity contribution in [3.05, 3.63) is 39.9 Å². The highest BCUT2D eigenvalue weighted by atomic mass is 16.7. The van der Waals surface area contributed by atoms with Gasteiger partial charge in [-0.15, -0.1) is 0 Å². The molecular weight excluding hydrogens is 190 g/mol. The van der Waals surface area contributed by atoms with E-state index in [0.29, 0.717) is 5.56 Å². The Kier molecular flexibility index (Phi) is 3.01. The molecule has 0 saturated heterocycles. The maximum Gasteiger partial charge on any atom is 0.269 e. The molecule has 6 heteroatoms. The molecular formula is C8H6NO5-. The molecule has 0 aliphatic carbocycles. The average molecular weight is 196 g/mol. The van der Waals surface area contributed by atoms with Crippen molar-refractivity contribution in [3.8, 4) is 0 Å². The van der Waals surface area contributed by atoms with Crippen LogP contribution in [0, 0.1) is 10.1 Å². The van der Waals surface area contributed by atoms with Crippen LogP contribution in [-0.2, 0) is 11.3 Å². The molecule has 74 valence electrons. The number of nitro groups is 1. The van der Waals surface area contributed by atoms with Crippen molar-refractivity contribution in [3.63, 3.8) is 0 Å². The Labute approximate surface area is 78.9 Å². The largest absolute Gasteiger partial charge is 0.545 e. The summed E-state index contributed by atoms with van der Waals surface area (Å²) in [5, 5.41) is 20.2. The quantitative estimate of drug-likeness (QED) is 0.397. The lowest BCUT2D eigenvalue weighted by Gasteiger charge is -2.06. The van der Waals surface area contributed by atoms with E-state index in [-0.39, 0.29) is 12.3 Å². The first-order valence-electron chi connectivity index (χ1n) is 3.66. The topological polar surface area (TPSA) is 92.5 Å². The van der Waals surface area contributed by atoms with Crippen LogP contribution in [0.2, 0.25) is 0 Å². The van der Waals surface area contributed by atoms with Crippen molar-refractivity contribution in [2.45, 2.75) is 6.61 Å². The van der Waals surface area contributed by atoms with Crippen molar-refractivity contribution in [2.24, 2.45) is 0 Å². The summed E-state index contributed by atoms with van der Waals surface area (Å²) in [5.41, 5.74) is 0.474. The van der Waals surface area contributed by atoms with Gasteiger partial charge in [-0.2, -0.15) is 0 Å². The minimum Gasteiger partial charge on any atom is -0.545 e. The molecule has 0 saturated carbocycles. The van der Waals surface area contributed by atoms with Gasteiger partial charge in [-0.3, -0.25) is 10.1 Å². The summed E-state index contributed by atoms with van der Waals surface area (Å²) in [7, 11) is 0. The van der Waals surface area contributed by atoms with E-state index in [9.17, 15) is 20.0 Å². The van der Waals surface area contributed by atoms with E-state index in [1.54, 1.807) is 0 Å². The summed E-state index contributed by atoms with van der Waals surface area (Å²) in [6.45, 7) is -0.166. The van der Waals surface area contributed by atoms with Crippen molar-refractivity contribution in [1.82, 2.24) is 0 Å². The second kappa shape index (κ2) is 4.22. The van der Waals surface area contributed by atoms with Gasteiger partial charge in [0.2, 0.25) is 0 Å². The summed E-state index contributed by atoms with van der Waals surface area (Å²) in [5.74, 6) is 0. The lowest BCUT2D eigenvalue weighted by atomic mass is 10.2. The predicted molar refractivity (Wildman–Crippen MR) is 43.3 cm³/mol. The third kappa shape index (κ3) is 2.74. The van der Waals surface area contributed by atoms with Gasteiger partial charge >= 0.3 is 0 Å². The molecule has 0 fully saturated rings. The van der Waals surface area contributed by atoms with Crippen molar-refractivity contribution >= 4 is 11.8 Å². The monoisotopic (exact) mass is 196 g/mol. The highest BCUT2D eigenvalue weighted by Gasteiger charge is 2.02. The minimum absolute atomic E-state index is 0.0535. The average Bonchev–Trinajstić information content (AvgIpc) is 2.15. The molecule has 14 heavy (non-hydrogen) atoms. The first-order chi connectivity index (χ1) is 6.59. The molecule has 0 radical (unpaired) electrons. The van der Waals surface area contributed by atoms with Gasteiger partial charge in [0.15, 0.2) is 0 Å². The number of nitro benzene ring substituents is 1. The molecule has 0 atom stereocenters. The number of ether oxygens (including phenoxy) is 1. The normalized spacial score (nSPS) is 9.43. The fourth-order valence-electron chi connectivity index (χ4n) is 0.856. The summed E-state index contributed by atoms with van der Waals surface area (Å²) in [6, 6.07) is 5.38. The number of carbonyl (C=O) groups excluding carboxylic acids is 1.